The Hall–Kier alpha value is -1.94. The lowest BCUT2D eigenvalue weighted by atomic mass is 10.1. The number of nitrogens with zero attached hydrogens (tertiary/aromatic N) is 2. The fourth-order valence-corrected chi connectivity index (χ4v) is 2.28. The average molecular weight is 285 g/mol. The zero-order valence-electron chi connectivity index (χ0n) is 11.8. The largest absolute Gasteiger partial charge is 0.389 e. The van der Waals surface area contributed by atoms with Gasteiger partial charge in [0.15, 0.2) is 0 Å². The molecule has 0 aliphatic rings. The van der Waals surface area contributed by atoms with E-state index < -0.39 is 0 Å². The summed E-state index contributed by atoms with van der Waals surface area (Å²) in [6.45, 7) is 5.73. The lowest BCUT2D eigenvalue weighted by Gasteiger charge is -2.24. The number of aryl methyl sites for hydroxylation is 1. The van der Waals surface area contributed by atoms with E-state index in [0.29, 0.717) is 4.99 Å². The van der Waals surface area contributed by atoms with Gasteiger partial charge in [0.2, 0.25) is 0 Å². The zero-order chi connectivity index (χ0) is 14.5. The molecule has 0 atom stereocenters. The second-order valence-corrected chi connectivity index (χ2v) is 5.13. The highest BCUT2D eigenvalue weighted by atomic mass is 32.1. The number of aromatic nitrogens is 1. The van der Waals surface area contributed by atoms with E-state index in [-0.39, 0.29) is 0 Å². The lowest BCUT2D eigenvalue weighted by Crippen LogP contribution is -2.27. The minimum Gasteiger partial charge on any atom is -0.389 e. The zero-order valence-corrected chi connectivity index (χ0v) is 12.7. The molecule has 0 saturated heterocycles. The summed E-state index contributed by atoms with van der Waals surface area (Å²) in [5, 5.41) is 0. The Kier molecular flexibility index (Phi) is 4.69. The summed E-state index contributed by atoms with van der Waals surface area (Å²) < 4.78 is 0. The van der Waals surface area contributed by atoms with E-state index in [1.54, 1.807) is 0 Å². The second kappa shape index (κ2) is 6.48. The maximum absolute atomic E-state index is 5.82. The van der Waals surface area contributed by atoms with Crippen LogP contribution in [0.3, 0.4) is 0 Å². The Morgan fingerprint density at radius 3 is 2.50 bits per heavy atom. The summed E-state index contributed by atoms with van der Waals surface area (Å²) in [7, 11) is 0. The van der Waals surface area contributed by atoms with E-state index in [0.717, 1.165) is 30.2 Å². The van der Waals surface area contributed by atoms with Crippen molar-refractivity contribution in [3.8, 4) is 0 Å². The van der Waals surface area contributed by atoms with Crippen LogP contribution in [-0.4, -0.2) is 16.5 Å². The van der Waals surface area contributed by atoms with Gasteiger partial charge in [0.25, 0.3) is 0 Å². The van der Waals surface area contributed by atoms with Crippen LogP contribution in [0.5, 0.6) is 0 Å². The van der Waals surface area contributed by atoms with E-state index in [1.807, 2.05) is 37.3 Å². The number of pyridine rings is 1. The molecule has 20 heavy (non-hydrogen) atoms. The highest BCUT2D eigenvalue weighted by molar-refractivity contribution is 7.80. The van der Waals surface area contributed by atoms with Gasteiger partial charge in [0.1, 0.15) is 10.8 Å². The third kappa shape index (κ3) is 3.33. The average Bonchev–Trinajstić information content (AvgIpc) is 2.45. The third-order valence-corrected chi connectivity index (χ3v) is 3.40. The molecule has 0 aliphatic heterocycles. The van der Waals surface area contributed by atoms with Crippen molar-refractivity contribution < 1.29 is 0 Å². The molecule has 0 radical (unpaired) electrons. The van der Waals surface area contributed by atoms with Gasteiger partial charge in [-0.1, -0.05) is 42.5 Å². The minimum atomic E-state index is 0.388. The summed E-state index contributed by atoms with van der Waals surface area (Å²) in [6, 6.07) is 14.2. The molecule has 0 amide bonds. The maximum Gasteiger partial charge on any atom is 0.139 e. The molecule has 1 aromatic heterocycles. The highest BCUT2D eigenvalue weighted by Gasteiger charge is 2.14. The van der Waals surface area contributed by atoms with Crippen molar-refractivity contribution in [2.45, 2.75) is 20.4 Å². The van der Waals surface area contributed by atoms with Crippen LogP contribution in [-0.2, 0) is 6.54 Å². The molecule has 2 aromatic rings. The number of nitrogens with two attached hydrogens (primary N) is 1. The standard InChI is InChI=1S/C16H19N3S/c1-3-19(11-13-7-5-4-6-8-13)16-14(15(17)20)10-9-12(2)18-16/h4-10H,3,11H2,1-2H3,(H2,17,20). The van der Waals surface area contributed by atoms with Crippen LogP contribution in [0.2, 0.25) is 0 Å². The van der Waals surface area contributed by atoms with E-state index in [2.05, 4.69) is 28.9 Å². The smallest absolute Gasteiger partial charge is 0.139 e. The van der Waals surface area contributed by atoms with Gasteiger partial charge in [-0.3, -0.25) is 0 Å². The van der Waals surface area contributed by atoms with Gasteiger partial charge >= 0.3 is 0 Å². The predicted molar refractivity (Wildman–Crippen MR) is 88.0 cm³/mol. The lowest BCUT2D eigenvalue weighted by molar-refractivity contribution is 0.809. The van der Waals surface area contributed by atoms with Crippen molar-refractivity contribution >= 4 is 23.0 Å². The molecule has 1 aromatic carbocycles. The molecule has 0 saturated carbocycles. The molecule has 104 valence electrons. The SMILES string of the molecule is CCN(Cc1ccccc1)c1nc(C)ccc1C(N)=S. The number of hydrogen-bond donors (Lipinski definition) is 1. The van der Waals surface area contributed by atoms with Crippen LogP contribution in [0.1, 0.15) is 23.7 Å². The normalized spacial score (nSPS) is 10.3. The molecule has 0 unspecified atom stereocenters. The molecule has 4 heteroatoms. The number of thiocarbonyl (C=S) groups is 1. The summed E-state index contributed by atoms with van der Waals surface area (Å²) in [5.74, 6) is 0.865. The van der Waals surface area contributed by atoms with E-state index in [1.165, 1.54) is 5.56 Å². The number of hydrogen-bond acceptors (Lipinski definition) is 3. The van der Waals surface area contributed by atoms with Crippen molar-refractivity contribution in [2.24, 2.45) is 5.73 Å². The Bertz CT molecular complexity index is 596. The van der Waals surface area contributed by atoms with Crippen LogP contribution in [0.25, 0.3) is 0 Å². The first-order chi connectivity index (χ1) is 9.61. The number of anilines is 1. The van der Waals surface area contributed by atoms with Gasteiger partial charge in [-0.2, -0.15) is 0 Å². The molecule has 2 rings (SSSR count). The molecule has 0 spiro atoms. The summed E-state index contributed by atoms with van der Waals surface area (Å²) >= 11 is 5.14. The Balaban J connectivity index is 2.36. The van der Waals surface area contributed by atoms with E-state index >= 15 is 0 Å². The van der Waals surface area contributed by atoms with Crippen LogP contribution in [0.15, 0.2) is 42.5 Å². The first kappa shape index (κ1) is 14.5. The first-order valence-electron chi connectivity index (χ1n) is 6.68. The van der Waals surface area contributed by atoms with Gasteiger partial charge in [0.05, 0.1) is 5.56 Å². The Morgan fingerprint density at radius 2 is 1.90 bits per heavy atom. The summed E-state index contributed by atoms with van der Waals surface area (Å²) in [4.78, 5) is 7.20. The Labute approximate surface area is 125 Å². The van der Waals surface area contributed by atoms with Gasteiger partial charge in [-0.05, 0) is 31.5 Å². The van der Waals surface area contributed by atoms with Gasteiger partial charge in [-0.15, -0.1) is 0 Å². The molecule has 0 fully saturated rings. The number of rotatable bonds is 5. The van der Waals surface area contributed by atoms with Gasteiger partial charge in [-0.25, -0.2) is 4.98 Å². The van der Waals surface area contributed by atoms with Crippen molar-refractivity contribution in [2.75, 3.05) is 11.4 Å². The topological polar surface area (TPSA) is 42.2 Å². The summed E-state index contributed by atoms with van der Waals surface area (Å²) in [5.41, 5.74) is 8.86. The first-order valence-corrected chi connectivity index (χ1v) is 7.09. The molecule has 0 bridgehead atoms. The van der Waals surface area contributed by atoms with Crippen LogP contribution < -0.4 is 10.6 Å². The monoisotopic (exact) mass is 285 g/mol. The second-order valence-electron chi connectivity index (χ2n) is 4.69. The van der Waals surface area contributed by atoms with Crippen molar-refractivity contribution in [1.82, 2.24) is 4.98 Å². The molecular formula is C16H19N3S. The molecule has 0 aliphatic carbocycles. The summed E-state index contributed by atoms with van der Waals surface area (Å²) in [6.07, 6.45) is 0. The number of benzene rings is 1. The molecule has 2 N–H and O–H groups in total. The van der Waals surface area contributed by atoms with Crippen molar-refractivity contribution in [1.29, 1.82) is 0 Å². The predicted octanol–water partition coefficient (Wildman–Crippen LogP) is 3.05. The van der Waals surface area contributed by atoms with Crippen LogP contribution >= 0.6 is 12.2 Å². The van der Waals surface area contributed by atoms with Crippen LogP contribution in [0, 0.1) is 6.92 Å². The third-order valence-electron chi connectivity index (χ3n) is 3.18. The molecule has 1 heterocycles. The van der Waals surface area contributed by atoms with Crippen molar-refractivity contribution in [3.63, 3.8) is 0 Å². The fraction of sp³-hybridized carbons (Fsp3) is 0.250. The van der Waals surface area contributed by atoms with E-state index in [4.69, 9.17) is 18.0 Å². The van der Waals surface area contributed by atoms with Crippen LogP contribution in [0.4, 0.5) is 5.82 Å². The van der Waals surface area contributed by atoms with E-state index in [9.17, 15) is 0 Å². The van der Waals surface area contributed by atoms with Crippen molar-refractivity contribution in [3.05, 3.63) is 59.3 Å². The molecular weight excluding hydrogens is 266 g/mol. The van der Waals surface area contributed by atoms with Gasteiger partial charge < -0.3 is 10.6 Å². The highest BCUT2D eigenvalue weighted by Crippen LogP contribution is 2.20. The quantitative estimate of drug-likeness (QED) is 0.857. The maximum atomic E-state index is 5.82. The minimum absolute atomic E-state index is 0.388. The molecule has 3 nitrogen and oxygen atoms in total. The van der Waals surface area contributed by atoms with Gasteiger partial charge in [0, 0.05) is 18.8 Å². The Morgan fingerprint density at radius 1 is 1.20 bits per heavy atom. The fourth-order valence-electron chi connectivity index (χ4n) is 2.12.